The second-order valence-electron chi connectivity index (χ2n) is 6.29. The molecule has 1 amide bonds. The van der Waals surface area contributed by atoms with Gasteiger partial charge in [-0.05, 0) is 35.9 Å². The van der Waals surface area contributed by atoms with Gasteiger partial charge in [0, 0.05) is 24.1 Å². The van der Waals surface area contributed by atoms with Crippen LogP contribution in [0.5, 0.6) is 0 Å². The minimum atomic E-state index is -0.526. The van der Waals surface area contributed by atoms with Gasteiger partial charge in [-0.25, -0.2) is 0 Å². The van der Waals surface area contributed by atoms with Gasteiger partial charge in [0.15, 0.2) is 0 Å². The van der Waals surface area contributed by atoms with Crippen molar-refractivity contribution in [2.75, 3.05) is 16.0 Å². The summed E-state index contributed by atoms with van der Waals surface area (Å²) in [7, 11) is 0. The monoisotopic (exact) mass is 402 g/mol. The Morgan fingerprint density at radius 2 is 1.72 bits per heavy atom. The summed E-state index contributed by atoms with van der Waals surface area (Å²) >= 11 is 6.00. The molecular formula is C23H19ClN4O. The first-order valence-corrected chi connectivity index (χ1v) is 9.28. The zero-order valence-electron chi connectivity index (χ0n) is 15.5. The fourth-order valence-electron chi connectivity index (χ4n) is 2.71. The van der Waals surface area contributed by atoms with Gasteiger partial charge in [0.1, 0.15) is 11.6 Å². The van der Waals surface area contributed by atoms with Crippen molar-refractivity contribution in [2.45, 2.75) is 6.54 Å². The number of hydrogen-bond acceptors (Lipinski definition) is 4. The molecule has 3 aromatic carbocycles. The molecule has 0 bridgehead atoms. The van der Waals surface area contributed by atoms with Crippen LogP contribution in [0.3, 0.4) is 0 Å². The number of nitriles is 1. The number of hydrogen-bond donors (Lipinski definition) is 2. The predicted molar refractivity (Wildman–Crippen MR) is 117 cm³/mol. The summed E-state index contributed by atoms with van der Waals surface area (Å²) in [6.45, 7) is 0.511. The Morgan fingerprint density at radius 3 is 2.34 bits per heavy atom. The Balaban J connectivity index is 1.88. The molecule has 3 rings (SSSR count). The third-order valence-corrected chi connectivity index (χ3v) is 4.52. The standard InChI is InChI=1S/C23H19ClN4O/c24-21-13-19(11-12-22(21)26)27-23(29)18(14-25)16-28(20-9-5-2-6-10-20)15-17-7-3-1-4-8-17/h1-13,16H,15,26H2,(H,27,29)/b18-16-. The Kier molecular flexibility index (Phi) is 6.51. The Bertz CT molecular complexity index is 1060. The van der Waals surface area contributed by atoms with Crippen LogP contribution in [0.4, 0.5) is 17.1 Å². The van der Waals surface area contributed by atoms with E-state index >= 15 is 0 Å². The molecule has 0 heterocycles. The molecule has 0 aromatic heterocycles. The molecule has 0 aliphatic carbocycles. The lowest BCUT2D eigenvalue weighted by Gasteiger charge is -2.21. The summed E-state index contributed by atoms with van der Waals surface area (Å²) in [6, 6.07) is 26.2. The molecule has 0 aliphatic rings. The molecule has 0 saturated carbocycles. The van der Waals surface area contributed by atoms with Crippen molar-refractivity contribution in [2.24, 2.45) is 0 Å². The summed E-state index contributed by atoms with van der Waals surface area (Å²) in [5.41, 5.74) is 8.46. The van der Waals surface area contributed by atoms with Crippen molar-refractivity contribution in [3.05, 3.63) is 101 Å². The number of nitrogens with one attached hydrogen (secondary N) is 1. The quantitative estimate of drug-likeness (QED) is 0.346. The Morgan fingerprint density at radius 1 is 1.07 bits per heavy atom. The highest BCUT2D eigenvalue weighted by Gasteiger charge is 2.14. The number of nitrogens with zero attached hydrogens (tertiary/aromatic N) is 2. The van der Waals surface area contributed by atoms with E-state index in [9.17, 15) is 10.1 Å². The smallest absolute Gasteiger partial charge is 0.267 e. The maximum Gasteiger partial charge on any atom is 0.267 e. The number of carbonyl (C=O) groups is 1. The zero-order chi connectivity index (χ0) is 20.6. The lowest BCUT2D eigenvalue weighted by atomic mass is 10.2. The molecule has 0 unspecified atom stereocenters. The van der Waals surface area contributed by atoms with Crippen molar-refractivity contribution >= 4 is 34.6 Å². The number of amides is 1. The molecule has 5 nitrogen and oxygen atoms in total. The SMILES string of the molecule is N#C/C(=C/N(Cc1ccccc1)c1ccccc1)C(=O)Nc1ccc(N)c(Cl)c1. The van der Waals surface area contributed by atoms with E-state index in [1.807, 2.05) is 71.6 Å². The van der Waals surface area contributed by atoms with Crippen molar-refractivity contribution in [3.63, 3.8) is 0 Å². The van der Waals surface area contributed by atoms with Crippen molar-refractivity contribution < 1.29 is 4.79 Å². The molecule has 0 aliphatic heterocycles. The molecule has 144 valence electrons. The fraction of sp³-hybridized carbons (Fsp3) is 0.0435. The van der Waals surface area contributed by atoms with Gasteiger partial charge in [-0.1, -0.05) is 60.1 Å². The second kappa shape index (κ2) is 9.45. The maximum absolute atomic E-state index is 12.7. The molecule has 29 heavy (non-hydrogen) atoms. The molecule has 0 atom stereocenters. The topological polar surface area (TPSA) is 82.2 Å². The van der Waals surface area contributed by atoms with E-state index in [-0.39, 0.29) is 5.57 Å². The van der Waals surface area contributed by atoms with Crippen LogP contribution in [-0.4, -0.2) is 5.91 Å². The molecule has 0 spiro atoms. The lowest BCUT2D eigenvalue weighted by Crippen LogP contribution is -2.20. The molecule has 0 fully saturated rings. The first-order valence-electron chi connectivity index (χ1n) is 8.91. The normalized spacial score (nSPS) is 10.8. The second-order valence-corrected chi connectivity index (χ2v) is 6.70. The largest absolute Gasteiger partial charge is 0.398 e. The molecule has 0 radical (unpaired) electrons. The number of carbonyl (C=O) groups excluding carboxylic acids is 1. The van der Waals surface area contributed by atoms with Crippen molar-refractivity contribution in [1.29, 1.82) is 5.26 Å². The van der Waals surface area contributed by atoms with Crippen LogP contribution in [0.15, 0.2) is 90.6 Å². The van der Waals surface area contributed by atoms with E-state index in [0.29, 0.717) is 22.9 Å². The number of anilines is 3. The van der Waals surface area contributed by atoms with Crippen LogP contribution in [0, 0.1) is 11.3 Å². The van der Waals surface area contributed by atoms with Crippen molar-refractivity contribution in [1.82, 2.24) is 0 Å². The minimum absolute atomic E-state index is 0.0299. The van der Waals surface area contributed by atoms with Crippen LogP contribution in [-0.2, 0) is 11.3 Å². The summed E-state index contributed by atoms with van der Waals surface area (Å²) < 4.78 is 0. The highest BCUT2D eigenvalue weighted by molar-refractivity contribution is 6.33. The van der Waals surface area contributed by atoms with E-state index in [2.05, 4.69) is 5.32 Å². The van der Waals surface area contributed by atoms with Crippen molar-refractivity contribution in [3.8, 4) is 6.07 Å². The van der Waals surface area contributed by atoms with Gasteiger partial charge < -0.3 is 16.0 Å². The summed E-state index contributed by atoms with van der Waals surface area (Å²) in [5, 5.41) is 12.6. The van der Waals surface area contributed by atoms with Crippen LogP contribution in [0.1, 0.15) is 5.56 Å². The predicted octanol–water partition coefficient (Wildman–Crippen LogP) is 4.97. The summed E-state index contributed by atoms with van der Waals surface area (Å²) in [6.07, 6.45) is 1.55. The van der Waals surface area contributed by atoms with Crippen LogP contribution in [0.2, 0.25) is 5.02 Å². The Labute approximate surface area is 174 Å². The zero-order valence-corrected chi connectivity index (χ0v) is 16.3. The van der Waals surface area contributed by atoms with Gasteiger partial charge in [0.25, 0.3) is 5.91 Å². The van der Waals surface area contributed by atoms with Crippen LogP contribution < -0.4 is 16.0 Å². The molecule has 3 N–H and O–H groups in total. The summed E-state index contributed by atoms with van der Waals surface area (Å²) in [4.78, 5) is 14.5. The highest BCUT2D eigenvalue weighted by atomic mass is 35.5. The number of halogens is 1. The van der Waals surface area contributed by atoms with Gasteiger partial charge in [-0.2, -0.15) is 5.26 Å². The highest BCUT2D eigenvalue weighted by Crippen LogP contribution is 2.23. The number of rotatable bonds is 6. The molecule has 3 aromatic rings. The third kappa shape index (κ3) is 5.38. The van der Waals surface area contributed by atoms with E-state index in [1.54, 1.807) is 24.4 Å². The number of nitrogen functional groups attached to an aromatic ring is 1. The van der Waals surface area contributed by atoms with Gasteiger partial charge in [0.2, 0.25) is 0 Å². The molecule has 6 heteroatoms. The van der Waals surface area contributed by atoms with Gasteiger partial charge in [0.05, 0.1) is 10.7 Å². The van der Waals surface area contributed by atoms with E-state index in [4.69, 9.17) is 17.3 Å². The van der Waals surface area contributed by atoms with Crippen LogP contribution >= 0.6 is 11.6 Å². The lowest BCUT2D eigenvalue weighted by molar-refractivity contribution is -0.112. The minimum Gasteiger partial charge on any atom is -0.398 e. The third-order valence-electron chi connectivity index (χ3n) is 4.19. The summed E-state index contributed by atoms with van der Waals surface area (Å²) in [5.74, 6) is -0.526. The maximum atomic E-state index is 12.7. The van der Waals surface area contributed by atoms with E-state index in [1.165, 1.54) is 0 Å². The number of benzene rings is 3. The Hall–Kier alpha value is -3.75. The van der Waals surface area contributed by atoms with Gasteiger partial charge in [-0.3, -0.25) is 4.79 Å². The van der Waals surface area contributed by atoms with Crippen LogP contribution in [0.25, 0.3) is 0 Å². The average molecular weight is 403 g/mol. The fourth-order valence-corrected chi connectivity index (χ4v) is 2.89. The number of nitrogens with two attached hydrogens (primary N) is 1. The average Bonchev–Trinajstić information content (AvgIpc) is 2.75. The molecule has 0 saturated heterocycles. The first-order chi connectivity index (χ1) is 14.1. The number of para-hydroxylation sites is 1. The first kappa shape index (κ1) is 20.0. The van der Waals surface area contributed by atoms with Gasteiger partial charge >= 0.3 is 0 Å². The van der Waals surface area contributed by atoms with E-state index in [0.717, 1.165) is 11.3 Å². The molecular weight excluding hydrogens is 384 g/mol. The van der Waals surface area contributed by atoms with E-state index < -0.39 is 5.91 Å². The van der Waals surface area contributed by atoms with Gasteiger partial charge in [-0.15, -0.1) is 0 Å².